The molecule has 0 aliphatic heterocycles. The Morgan fingerprint density at radius 3 is 1.42 bits per heavy atom. The summed E-state index contributed by atoms with van der Waals surface area (Å²) in [6, 6.07) is 0. The van der Waals surface area contributed by atoms with E-state index in [9.17, 15) is 0 Å². The van der Waals surface area contributed by atoms with Crippen LogP contribution in [0.25, 0.3) is 0 Å². The van der Waals surface area contributed by atoms with Crippen LogP contribution >= 0.6 is 0 Å². The van der Waals surface area contributed by atoms with Crippen molar-refractivity contribution in [2.75, 3.05) is 0 Å². The average molecular weight is 336 g/mol. The molecule has 0 radical (unpaired) electrons. The molecule has 2 aliphatic carbocycles. The van der Waals surface area contributed by atoms with Crippen LogP contribution in [0.3, 0.4) is 0 Å². The van der Waals surface area contributed by atoms with Gasteiger partial charge in [0.2, 0.25) is 0 Å². The summed E-state index contributed by atoms with van der Waals surface area (Å²) in [6.07, 6.45) is 22.2. The fourth-order valence-electron chi connectivity index (χ4n) is 1.78. The molecule has 2 aliphatic rings. The first-order valence-electron chi connectivity index (χ1n) is 6.39. The van der Waals surface area contributed by atoms with E-state index in [0.717, 1.165) is 12.8 Å². The fourth-order valence-corrected chi connectivity index (χ4v) is 1.78. The van der Waals surface area contributed by atoms with Gasteiger partial charge in [-0.3, -0.25) is 12.2 Å². The molecular formula is C18H28Zr. The van der Waals surface area contributed by atoms with Gasteiger partial charge in [0, 0.05) is 0 Å². The molecule has 0 spiro atoms. The molecular weight excluding hydrogens is 307 g/mol. The molecule has 0 unspecified atom stereocenters. The Morgan fingerprint density at radius 2 is 1.21 bits per heavy atom. The van der Waals surface area contributed by atoms with E-state index in [1.54, 1.807) is 0 Å². The summed E-state index contributed by atoms with van der Waals surface area (Å²) in [5, 5.41) is 0. The molecule has 0 saturated carbocycles. The van der Waals surface area contributed by atoms with E-state index in [-0.39, 0.29) is 41.1 Å². The second kappa shape index (κ2) is 15.9. The summed E-state index contributed by atoms with van der Waals surface area (Å²) in [5.41, 5.74) is 2.79. The van der Waals surface area contributed by atoms with Crippen LogP contribution < -0.4 is 0 Å². The zero-order valence-electron chi connectivity index (χ0n) is 13.1. The van der Waals surface area contributed by atoms with Crippen LogP contribution in [-0.2, 0) is 26.2 Å². The van der Waals surface area contributed by atoms with Crippen molar-refractivity contribution in [1.29, 1.82) is 0 Å². The van der Waals surface area contributed by atoms with Crippen molar-refractivity contribution in [1.82, 2.24) is 0 Å². The predicted molar refractivity (Wildman–Crippen MR) is 83.7 cm³/mol. The first kappa shape index (κ1) is 23.9. The third-order valence-corrected chi connectivity index (χ3v) is 2.57. The van der Waals surface area contributed by atoms with Gasteiger partial charge in [0.1, 0.15) is 0 Å². The van der Waals surface area contributed by atoms with E-state index in [4.69, 9.17) is 0 Å². The van der Waals surface area contributed by atoms with Crippen LogP contribution in [0.1, 0.15) is 52.4 Å². The molecule has 0 heterocycles. The van der Waals surface area contributed by atoms with Crippen LogP contribution in [0, 0.1) is 27.0 Å². The van der Waals surface area contributed by atoms with Crippen LogP contribution in [-0.4, -0.2) is 0 Å². The van der Waals surface area contributed by atoms with Gasteiger partial charge >= 0.3 is 26.2 Å². The number of hydrogen-bond donors (Lipinski definition) is 0. The van der Waals surface area contributed by atoms with Crippen LogP contribution in [0.4, 0.5) is 0 Å². The van der Waals surface area contributed by atoms with E-state index < -0.39 is 0 Å². The zero-order valence-corrected chi connectivity index (χ0v) is 15.5. The van der Waals surface area contributed by atoms with Crippen LogP contribution in [0.15, 0.2) is 35.5 Å². The molecule has 0 saturated heterocycles. The summed E-state index contributed by atoms with van der Waals surface area (Å²) in [7, 11) is 0. The maximum Gasteiger partial charge on any atom is 4.00 e. The Kier molecular flexibility index (Phi) is 20.0. The zero-order chi connectivity index (χ0) is 11.6. The second-order valence-electron chi connectivity index (χ2n) is 4.12. The van der Waals surface area contributed by atoms with E-state index >= 15 is 0 Å². The van der Waals surface area contributed by atoms with Gasteiger partial charge < -0.3 is 14.9 Å². The van der Waals surface area contributed by atoms with E-state index in [2.05, 4.69) is 50.3 Å². The van der Waals surface area contributed by atoms with Gasteiger partial charge in [-0.15, -0.1) is 12.8 Å². The Labute approximate surface area is 140 Å². The largest absolute Gasteiger partial charge is 4.00 e. The molecule has 0 bridgehead atoms. The summed E-state index contributed by atoms with van der Waals surface area (Å²) < 4.78 is 0. The SMILES string of the molecule is CCCC1=[C-]CC=C1.CCCC1=[C-]CC=C1.[CH3-].[CH3-].[Zr+4]. The molecule has 0 aromatic rings. The summed E-state index contributed by atoms with van der Waals surface area (Å²) in [4.78, 5) is 0. The molecule has 0 aromatic carbocycles. The van der Waals surface area contributed by atoms with Gasteiger partial charge in [0.05, 0.1) is 0 Å². The van der Waals surface area contributed by atoms with Gasteiger partial charge in [0.15, 0.2) is 0 Å². The number of hydrogen-bond acceptors (Lipinski definition) is 0. The number of rotatable bonds is 4. The maximum atomic E-state index is 3.26. The van der Waals surface area contributed by atoms with Gasteiger partial charge in [-0.05, 0) is 0 Å². The Balaban J connectivity index is -0.000000233. The van der Waals surface area contributed by atoms with E-state index in [1.165, 1.54) is 36.8 Å². The monoisotopic (exact) mass is 334 g/mol. The van der Waals surface area contributed by atoms with Crippen molar-refractivity contribution in [3.63, 3.8) is 0 Å². The quantitative estimate of drug-likeness (QED) is 0.565. The average Bonchev–Trinajstić information content (AvgIpc) is 2.92. The minimum atomic E-state index is 0. The molecule has 19 heavy (non-hydrogen) atoms. The molecule has 0 atom stereocenters. The standard InChI is InChI=1S/2C8H11.2CH3.Zr/c2*1-2-5-8-6-3-4-7-8;;;/h2*3,6H,2,4-5H2,1H3;2*1H3;/q4*-1;+4. The Hall–Kier alpha value is -0.157. The van der Waals surface area contributed by atoms with Gasteiger partial charge in [-0.2, -0.15) is 12.2 Å². The minimum Gasteiger partial charge on any atom is -0.358 e. The molecule has 2 rings (SSSR count). The normalized spacial score (nSPS) is 14.2. The Bertz CT molecular complexity index is 274. The van der Waals surface area contributed by atoms with E-state index in [1.807, 2.05) is 0 Å². The minimum absolute atomic E-state index is 0. The van der Waals surface area contributed by atoms with Gasteiger partial charge in [-0.1, -0.05) is 39.5 Å². The molecule has 0 fully saturated rings. The predicted octanol–water partition coefficient (Wildman–Crippen LogP) is 5.85. The molecule has 104 valence electrons. The summed E-state index contributed by atoms with van der Waals surface area (Å²) >= 11 is 0. The maximum absolute atomic E-state index is 3.26. The molecule has 0 nitrogen and oxygen atoms in total. The van der Waals surface area contributed by atoms with Crippen molar-refractivity contribution < 1.29 is 26.2 Å². The van der Waals surface area contributed by atoms with Crippen molar-refractivity contribution in [3.05, 3.63) is 62.5 Å². The first-order chi connectivity index (χ1) is 7.86. The van der Waals surface area contributed by atoms with E-state index in [0.29, 0.717) is 0 Å². The third kappa shape index (κ3) is 11.4. The Morgan fingerprint density at radius 1 is 0.842 bits per heavy atom. The van der Waals surface area contributed by atoms with Crippen LogP contribution in [0.2, 0.25) is 0 Å². The van der Waals surface area contributed by atoms with Crippen molar-refractivity contribution in [2.45, 2.75) is 52.4 Å². The third-order valence-electron chi connectivity index (χ3n) is 2.57. The number of allylic oxidation sites excluding steroid dienone is 8. The first-order valence-corrected chi connectivity index (χ1v) is 6.39. The smallest absolute Gasteiger partial charge is 0.358 e. The summed E-state index contributed by atoms with van der Waals surface area (Å²) in [5.74, 6) is 0. The topological polar surface area (TPSA) is 0 Å². The fraction of sp³-hybridized carbons (Fsp3) is 0.444. The van der Waals surface area contributed by atoms with Crippen LogP contribution in [0.5, 0.6) is 0 Å². The van der Waals surface area contributed by atoms with Crippen molar-refractivity contribution in [3.8, 4) is 0 Å². The second-order valence-corrected chi connectivity index (χ2v) is 4.12. The van der Waals surface area contributed by atoms with Gasteiger partial charge in [0.25, 0.3) is 0 Å². The van der Waals surface area contributed by atoms with Crippen molar-refractivity contribution >= 4 is 0 Å². The molecule has 0 aromatic heterocycles. The molecule has 0 N–H and O–H groups in total. The molecule has 0 amide bonds. The molecule has 1 heteroatoms. The summed E-state index contributed by atoms with van der Waals surface area (Å²) in [6.45, 7) is 4.39. The van der Waals surface area contributed by atoms with Gasteiger partial charge in [-0.25, -0.2) is 23.3 Å². The van der Waals surface area contributed by atoms with Crippen molar-refractivity contribution in [2.24, 2.45) is 0 Å².